The third kappa shape index (κ3) is 5.07. The number of halogens is 1. The van der Waals surface area contributed by atoms with Crippen LogP contribution >= 0.6 is 0 Å². The molecule has 2 fully saturated rings. The number of benzene rings is 1. The Kier molecular flexibility index (Phi) is 7.51. The topological polar surface area (TPSA) is 18.5 Å². The molecule has 3 rings (SSSR count). The normalized spacial score (nSPS) is 29.7. The van der Waals surface area contributed by atoms with E-state index in [2.05, 4.69) is 19.9 Å². The summed E-state index contributed by atoms with van der Waals surface area (Å²) in [7, 11) is 0. The molecule has 146 valence electrons. The lowest BCUT2D eigenvalue weighted by molar-refractivity contribution is -0.229. The Morgan fingerprint density at radius 2 is 1.73 bits per heavy atom. The largest absolute Gasteiger partial charge is 0.352 e. The molecule has 1 saturated heterocycles. The average molecular weight is 363 g/mol. The first-order chi connectivity index (χ1) is 12.7. The number of hydrogen-bond acceptors (Lipinski definition) is 2. The van der Waals surface area contributed by atoms with Crippen molar-refractivity contribution >= 4 is 0 Å². The number of hydrogen-bond donors (Lipinski definition) is 0. The first kappa shape index (κ1) is 19.8. The van der Waals surface area contributed by atoms with Crippen LogP contribution < -0.4 is 0 Å². The van der Waals surface area contributed by atoms with E-state index in [1.54, 1.807) is 6.07 Å². The molecule has 2 aliphatic rings. The van der Waals surface area contributed by atoms with Gasteiger partial charge in [0, 0.05) is 11.8 Å². The Labute approximate surface area is 158 Å². The van der Waals surface area contributed by atoms with Gasteiger partial charge in [0.25, 0.3) is 0 Å². The molecule has 0 unspecified atom stereocenters. The third-order valence-electron chi connectivity index (χ3n) is 6.28. The monoisotopic (exact) mass is 362 g/mol. The molecule has 0 radical (unpaired) electrons. The molecule has 1 saturated carbocycles. The van der Waals surface area contributed by atoms with Crippen LogP contribution in [-0.4, -0.2) is 19.5 Å². The molecule has 0 aromatic heterocycles. The Morgan fingerprint density at radius 1 is 1.00 bits per heavy atom. The van der Waals surface area contributed by atoms with Gasteiger partial charge in [-0.05, 0) is 61.6 Å². The molecule has 0 N–H and O–H groups in total. The Hall–Kier alpha value is -0.930. The Bertz CT molecular complexity index is 543. The van der Waals surface area contributed by atoms with Crippen molar-refractivity contribution in [3.63, 3.8) is 0 Å². The summed E-state index contributed by atoms with van der Waals surface area (Å²) in [6, 6.07) is 5.80. The molecule has 0 amide bonds. The first-order valence-corrected chi connectivity index (χ1v) is 10.7. The zero-order valence-electron chi connectivity index (χ0n) is 16.5. The predicted octanol–water partition coefficient (Wildman–Crippen LogP) is 6.23. The van der Waals surface area contributed by atoms with Crippen molar-refractivity contribution in [2.75, 3.05) is 13.2 Å². The van der Waals surface area contributed by atoms with Gasteiger partial charge in [0.15, 0.2) is 6.29 Å². The highest BCUT2D eigenvalue weighted by molar-refractivity contribution is 5.27. The quantitative estimate of drug-likeness (QED) is 0.535. The second kappa shape index (κ2) is 9.85. The van der Waals surface area contributed by atoms with E-state index in [0.717, 1.165) is 56.4 Å². The zero-order valence-corrected chi connectivity index (χ0v) is 16.5. The van der Waals surface area contributed by atoms with Crippen LogP contribution in [0.1, 0.15) is 82.3 Å². The van der Waals surface area contributed by atoms with Gasteiger partial charge in [-0.25, -0.2) is 4.39 Å². The molecule has 1 aromatic rings. The molecule has 1 aliphatic heterocycles. The smallest absolute Gasteiger partial charge is 0.160 e. The van der Waals surface area contributed by atoms with Crippen LogP contribution in [-0.2, 0) is 15.9 Å². The molecule has 0 spiro atoms. The van der Waals surface area contributed by atoms with Crippen molar-refractivity contribution in [2.45, 2.75) is 83.8 Å². The molecule has 2 nitrogen and oxygen atoms in total. The van der Waals surface area contributed by atoms with Crippen LogP contribution in [0, 0.1) is 17.7 Å². The van der Waals surface area contributed by atoms with E-state index in [1.807, 2.05) is 6.07 Å². The summed E-state index contributed by atoms with van der Waals surface area (Å²) in [5.41, 5.74) is 1.99. The zero-order chi connectivity index (χ0) is 18.4. The number of ether oxygens (including phenoxy) is 2. The van der Waals surface area contributed by atoms with Crippen molar-refractivity contribution in [3.05, 3.63) is 35.1 Å². The number of unbranched alkanes of at least 4 members (excludes halogenated alkanes) is 2. The van der Waals surface area contributed by atoms with Crippen molar-refractivity contribution in [2.24, 2.45) is 11.8 Å². The summed E-state index contributed by atoms with van der Waals surface area (Å²) in [6.07, 6.45) is 10.2. The second-order valence-electron chi connectivity index (χ2n) is 8.22. The standard InChI is InChI=1S/C23H35FO2/c1-3-5-6-7-18-15-25-23(26-16-18)20-11-9-19(10-12-20)21-13-8-17(4-2)14-22(21)24/h8,13-14,18-20,23H,3-7,9-12,15-16H2,1-2H3. The maximum absolute atomic E-state index is 14.4. The third-order valence-corrected chi connectivity index (χ3v) is 6.28. The van der Waals surface area contributed by atoms with Crippen LogP contribution in [0.15, 0.2) is 18.2 Å². The molecule has 26 heavy (non-hydrogen) atoms. The van der Waals surface area contributed by atoms with E-state index >= 15 is 0 Å². The highest BCUT2D eigenvalue weighted by Crippen LogP contribution is 2.40. The summed E-state index contributed by atoms with van der Waals surface area (Å²) in [5.74, 6) is 1.37. The molecule has 3 heteroatoms. The molecule has 0 bridgehead atoms. The molecule has 0 atom stereocenters. The first-order valence-electron chi connectivity index (χ1n) is 10.7. The molecular weight excluding hydrogens is 327 g/mol. The van der Waals surface area contributed by atoms with Gasteiger partial charge in [-0.2, -0.15) is 0 Å². The Morgan fingerprint density at radius 3 is 2.35 bits per heavy atom. The maximum Gasteiger partial charge on any atom is 0.160 e. The highest BCUT2D eigenvalue weighted by Gasteiger charge is 2.33. The van der Waals surface area contributed by atoms with Gasteiger partial charge in [-0.1, -0.05) is 45.2 Å². The van der Waals surface area contributed by atoms with Gasteiger partial charge >= 0.3 is 0 Å². The minimum Gasteiger partial charge on any atom is -0.352 e. The molecule has 1 aromatic carbocycles. The van der Waals surface area contributed by atoms with Crippen molar-refractivity contribution < 1.29 is 13.9 Å². The van der Waals surface area contributed by atoms with Crippen LogP contribution in [0.5, 0.6) is 0 Å². The van der Waals surface area contributed by atoms with Gasteiger partial charge in [0.1, 0.15) is 5.82 Å². The fraction of sp³-hybridized carbons (Fsp3) is 0.739. The van der Waals surface area contributed by atoms with E-state index < -0.39 is 0 Å². The molecule has 1 heterocycles. The van der Waals surface area contributed by atoms with Crippen LogP contribution in [0.25, 0.3) is 0 Å². The highest BCUT2D eigenvalue weighted by atomic mass is 19.1. The van der Waals surface area contributed by atoms with E-state index in [9.17, 15) is 4.39 Å². The van der Waals surface area contributed by atoms with E-state index in [4.69, 9.17) is 9.47 Å². The predicted molar refractivity (Wildman–Crippen MR) is 104 cm³/mol. The average Bonchev–Trinajstić information content (AvgIpc) is 2.69. The van der Waals surface area contributed by atoms with Crippen molar-refractivity contribution in [3.8, 4) is 0 Å². The summed E-state index contributed by atoms with van der Waals surface area (Å²) in [5, 5.41) is 0. The van der Waals surface area contributed by atoms with Gasteiger partial charge in [-0.3, -0.25) is 0 Å². The van der Waals surface area contributed by atoms with Gasteiger partial charge in [0.05, 0.1) is 13.2 Å². The second-order valence-corrected chi connectivity index (χ2v) is 8.22. The summed E-state index contributed by atoms with van der Waals surface area (Å²) in [4.78, 5) is 0. The van der Waals surface area contributed by atoms with Gasteiger partial charge < -0.3 is 9.47 Å². The van der Waals surface area contributed by atoms with Crippen LogP contribution in [0.4, 0.5) is 4.39 Å². The van der Waals surface area contributed by atoms with Crippen LogP contribution in [0.3, 0.4) is 0 Å². The minimum atomic E-state index is -0.0364. The SMILES string of the molecule is CCCCCC1COC(C2CCC(c3ccc(CC)cc3F)CC2)OC1. The summed E-state index contributed by atoms with van der Waals surface area (Å²) >= 11 is 0. The van der Waals surface area contributed by atoms with Crippen molar-refractivity contribution in [1.29, 1.82) is 0 Å². The maximum atomic E-state index is 14.4. The molecular formula is C23H35FO2. The van der Waals surface area contributed by atoms with Crippen molar-refractivity contribution in [1.82, 2.24) is 0 Å². The van der Waals surface area contributed by atoms with Gasteiger partial charge in [0.2, 0.25) is 0 Å². The van der Waals surface area contributed by atoms with E-state index in [1.165, 1.54) is 25.7 Å². The fourth-order valence-corrected chi connectivity index (χ4v) is 4.50. The number of rotatable bonds is 7. The Balaban J connectivity index is 1.44. The summed E-state index contributed by atoms with van der Waals surface area (Å²) in [6.45, 7) is 6.01. The fourth-order valence-electron chi connectivity index (χ4n) is 4.50. The van der Waals surface area contributed by atoms with E-state index in [0.29, 0.717) is 17.8 Å². The minimum absolute atomic E-state index is 0.0205. The van der Waals surface area contributed by atoms with E-state index in [-0.39, 0.29) is 12.1 Å². The van der Waals surface area contributed by atoms with Crippen LogP contribution in [0.2, 0.25) is 0 Å². The lowest BCUT2D eigenvalue weighted by Crippen LogP contribution is -2.38. The lowest BCUT2D eigenvalue weighted by Gasteiger charge is -2.37. The summed E-state index contributed by atoms with van der Waals surface area (Å²) < 4.78 is 26.5. The number of aryl methyl sites for hydroxylation is 1. The lowest BCUT2D eigenvalue weighted by atomic mass is 9.78. The van der Waals surface area contributed by atoms with Gasteiger partial charge in [-0.15, -0.1) is 0 Å². The molecule has 1 aliphatic carbocycles.